The predicted molar refractivity (Wildman–Crippen MR) is 131 cm³/mol. The molecule has 0 aliphatic carbocycles. The largest absolute Gasteiger partial charge is 0.292 e. The van der Waals surface area contributed by atoms with Crippen LogP contribution in [0.3, 0.4) is 0 Å². The Morgan fingerprint density at radius 2 is 1.19 bits per heavy atom. The maximum atomic E-state index is 4.97. The van der Waals surface area contributed by atoms with Gasteiger partial charge < -0.3 is 0 Å². The summed E-state index contributed by atoms with van der Waals surface area (Å²) in [6, 6.07) is 39.0. The van der Waals surface area contributed by atoms with Gasteiger partial charge in [-0.15, -0.1) is 0 Å². The molecule has 0 amide bonds. The quantitative estimate of drug-likeness (QED) is 0.262. The summed E-state index contributed by atoms with van der Waals surface area (Å²) in [6.07, 6.45) is 0. The van der Waals surface area contributed by atoms with E-state index in [0.717, 1.165) is 16.7 Å². The fraction of sp³-hybridized carbons (Fsp3) is 0. The van der Waals surface area contributed by atoms with Crippen LogP contribution in [-0.2, 0) is 0 Å². The second kappa shape index (κ2) is 6.16. The lowest BCUT2D eigenvalue weighted by atomic mass is 9.98. The third kappa shape index (κ3) is 2.36. The van der Waals surface area contributed by atoms with E-state index in [9.17, 15) is 0 Å². The van der Waals surface area contributed by atoms with E-state index < -0.39 is 0 Å². The Labute approximate surface area is 179 Å². The van der Waals surface area contributed by atoms with Gasteiger partial charge >= 0.3 is 0 Å². The van der Waals surface area contributed by atoms with Gasteiger partial charge in [-0.1, -0.05) is 78.9 Å². The zero-order valence-electron chi connectivity index (χ0n) is 16.8. The van der Waals surface area contributed by atoms with E-state index in [2.05, 4.69) is 114 Å². The van der Waals surface area contributed by atoms with Crippen molar-refractivity contribution < 1.29 is 0 Å². The van der Waals surface area contributed by atoms with E-state index in [-0.39, 0.29) is 0 Å². The lowest BCUT2D eigenvalue weighted by Crippen LogP contribution is -1.92. The Kier molecular flexibility index (Phi) is 3.30. The molecule has 2 heterocycles. The summed E-state index contributed by atoms with van der Waals surface area (Å²) in [5.74, 6) is 0. The van der Waals surface area contributed by atoms with Crippen LogP contribution in [0.5, 0.6) is 0 Å². The lowest BCUT2D eigenvalue weighted by Gasteiger charge is -2.11. The number of nitrogens with zero attached hydrogens (tertiary/aromatic N) is 2. The number of pyridine rings is 1. The van der Waals surface area contributed by atoms with Crippen molar-refractivity contribution in [1.82, 2.24) is 9.38 Å². The SMILES string of the molecule is c1ccc2cc(-c3ccc4c(c3)c3ccccc3c3nc5ccccc5n43)ccc2c1. The highest BCUT2D eigenvalue weighted by Crippen LogP contribution is 2.35. The zero-order valence-corrected chi connectivity index (χ0v) is 16.8. The first kappa shape index (κ1) is 16.6. The minimum absolute atomic E-state index is 1.02. The second-order valence-corrected chi connectivity index (χ2v) is 8.10. The molecule has 2 heteroatoms. The Morgan fingerprint density at radius 1 is 0.484 bits per heavy atom. The molecule has 0 aliphatic heterocycles. The molecule has 0 unspecified atom stereocenters. The van der Waals surface area contributed by atoms with Gasteiger partial charge in [-0.3, -0.25) is 4.40 Å². The average Bonchev–Trinajstić information content (AvgIpc) is 3.24. The van der Waals surface area contributed by atoms with Crippen molar-refractivity contribution in [3.8, 4) is 11.1 Å². The summed E-state index contributed by atoms with van der Waals surface area (Å²) in [5.41, 5.74) is 6.84. The first-order chi connectivity index (χ1) is 15.4. The van der Waals surface area contributed by atoms with Gasteiger partial charge in [0.25, 0.3) is 0 Å². The molecule has 0 radical (unpaired) electrons. The van der Waals surface area contributed by atoms with Gasteiger partial charge in [0.15, 0.2) is 0 Å². The van der Waals surface area contributed by atoms with Gasteiger partial charge in [0.05, 0.1) is 16.6 Å². The number of benzene rings is 5. The summed E-state index contributed by atoms with van der Waals surface area (Å²) in [5, 5.41) is 6.20. The first-order valence-electron chi connectivity index (χ1n) is 10.6. The average molecular weight is 394 g/mol. The van der Waals surface area contributed by atoms with Crippen LogP contribution in [0.25, 0.3) is 60.3 Å². The molecule has 7 aromatic rings. The van der Waals surface area contributed by atoms with Crippen molar-refractivity contribution in [3.63, 3.8) is 0 Å². The van der Waals surface area contributed by atoms with Gasteiger partial charge in [0.2, 0.25) is 0 Å². The van der Waals surface area contributed by atoms with E-state index in [1.54, 1.807) is 0 Å². The third-order valence-corrected chi connectivity index (χ3v) is 6.34. The third-order valence-electron chi connectivity index (χ3n) is 6.34. The standard InChI is InChI=1S/C29H18N2/c1-2-8-20-17-21(14-13-19(20)7-1)22-15-16-27-25(18-22)23-9-3-4-10-24(23)29-30-26-11-5-6-12-28(26)31(27)29/h1-18H. The zero-order chi connectivity index (χ0) is 20.4. The highest BCUT2D eigenvalue weighted by Gasteiger charge is 2.14. The summed E-state index contributed by atoms with van der Waals surface area (Å²) in [7, 11) is 0. The number of aromatic nitrogens is 2. The number of imidazole rings is 1. The topological polar surface area (TPSA) is 17.3 Å². The monoisotopic (exact) mass is 394 g/mol. The van der Waals surface area contributed by atoms with E-state index in [4.69, 9.17) is 4.98 Å². The lowest BCUT2D eigenvalue weighted by molar-refractivity contribution is 1.31. The van der Waals surface area contributed by atoms with Crippen molar-refractivity contribution in [2.75, 3.05) is 0 Å². The number of hydrogen-bond donors (Lipinski definition) is 0. The number of rotatable bonds is 1. The van der Waals surface area contributed by atoms with Gasteiger partial charge in [0, 0.05) is 10.8 Å². The van der Waals surface area contributed by atoms with Crippen molar-refractivity contribution in [2.45, 2.75) is 0 Å². The maximum Gasteiger partial charge on any atom is 0.146 e. The van der Waals surface area contributed by atoms with Gasteiger partial charge in [0.1, 0.15) is 5.65 Å². The minimum atomic E-state index is 1.02. The highest BCUT2D eigenvalue weighted by molar-refractivity contribution is 6.14. The summed E-state index contributed by atoms with van der Waals surface area (Å²) >= 11 is 0. The van der Waals surface area contributed by atoms with Crippen molar-refractivity contribution >= 4 is 49.1 Å². The molecule has 144 valence electrons. The molecule has 5 aromatic carbocycles. The fourth-order valence-corrected chi connectivity index (χ4v) is 4.86. The van der Waals surface area contributed by atoms with Crippen molar-refractivity contribution in [3.05, 3.63) is 109 Å². The van der Waals surface area contributed by atoms with E-state index in [1.807, 2.05) is 0 Å². The van der Waals surface area contributed by atoms with Crippen LogP contribution < -0.4 is 0 Å². The smallest absolute Gasteiger partial charge is 0.146 e. The molecule has 0 fully saturated rings. The first-order valence-corrected chi connectivity index (χ1v) is 10.6. The Hall–Kier alpha value is -4.17. The molecule has 2 nitrogen and oxygen atoms in total. The summed E-state index contributed by atoms with van der Waals surface area (Å²) in [6.45, 7) is 0. The summed E-state index contributed by atoms with van der Waals surface area (Å²) in [4.78, 5) is 4.97. The van der Waals surface area contributed by atoms with E-state index in [1.165, 1.54) is 43.6 Å². The molecule has 7 rings (SSSR count). The second-order valence-electron chi connectivity index (χ2n) is 8.10. The number of fused-ring (bicyclic) bond motifs is 9. The van der Waals surface area contributed by atoms with Gasteiger partial charge in [-0.2, -0.15) is 0 Å². The maximum absolute atomic E-state index is 4.97. The number of para-hydroxylation sites is 2. The number of hydrogen-bond acceptors (Lipinski definition) is 1. The van der Waals surface area contributed by atoms with Crippen LogP contribution in [-0.4, -0.2) is 9.38 Å². The molecule has 0 aliphatic rings. The molecule has 2 aromatic heterocycles. The summed E-state index contributed by atoms with van der Waals surface area (Å²) < 4.78 is 2.30. The Balaban J connectivity index is 1.61. The Morgan fingerprint density at radius 3 is 2.13 bits per heavy atom. The minimum Gasteiger partial charge on any atom is -0.292 e. The molecular weight excluding hydrogens is 376 g/mol. The van der Waals surface area contributed by atoms with Crippen LogP contribution in [0.2, 0.25) is 0 Å². The highest BCUT2D eigenvalue weighted by atomic mass is 15.0. The van der Waals surface area contributed by atoms with Crippen LogP contribution >= 0.6 is 0 Å². The molecule has 0 spiro atoms. The fourth-order valence-electron chi connectivity index (χ4n) is 4.86. The van der Waals surface area contributed by atoms with Crippen LogP contribution in [0.4, 0.5) is 0 Å². The van der Waals surface area contributed by atoms with Crippen LogP contribution in [0.15, 0.2) is 109 Å². The predicted octanol–water partition coefficient (Wildman–Crippen LogP) is 7.61. The molecule has 0 atom stereocenters. The van der Waals surface area contributed by atoms with E-state index >= 15 is 0 Å². The normalized spacial score (nSPS) is 11.9. The molecule has 0 saturated carbocycles. The molecule has 0 bridgehead atoms. The van der Waals surface area contributed by atoms with Gasteiger partial charge in [-0.25, -0.2) is 4.98 Å². The van der Waals surface area contributed by atoms with Crippen LogP contribution in [0.1, 0.15) is 0 Å². The van der Waals surface area contributed by atoms with E-state index in [0.29, 0.717) is 0 Å². The Bertz CT molecular complexity index is 1790. The molecule has 0 saturated heterocycles. The van der Waals surface area contributed by atoms with Crippen LogP contribution in [0, 0.1) is 0 Å². The van der Waals surface area contributed by atoms with Gasteiger partial charge in [-0.05, 0) is 57.6 Å². The molecular formula is C29H18N2. The van der Waals surface area contributed by atoms with Crippen molar-refractivity contribution in [1.29, 1.82) is 0 Å². The molecule has 0 N–H and O–H groups in total. The molecule has 31 heavy (non-hydrogen) atoms. The van der Waals surface area contributed by atoms with Crippen molar-refractivity contribution in [2.24, 2.45) is 0 Å².